The molecule has 2 aromatic rings. The number of nitrogens with zero attached hydrogens (tertiary/aromatic N) is 2. The van der Waals surface area contributed by atoms with Crippen LogP contribution < -0.4 is 5.32 Å². The number of likely N-dealkylation sites (N-methyl/N-ethyl adjacent to an activating group) is 2. The molecule has 1 aromatic heterocycles. The number of hydrogen-bond acceptors (Lipinski definition) is 3. The summed E-state index contributed by atoms with van der Waals surface area (Å²) in [6, 6.07) is 6.50. The zero-order valence-corrected chi connectivity index (χ0v) is 12.2. The van der Waals surface area contributed by atoms with Gasteiger partial charge in [0.2, 0.25) is 0 Å². The van der Waals surface area contributed by atoms with Crippen LogP contribution in [0.4, 0.5) is 0 Å². The summed E-state index contributed by atoms with van der Waals surface area (Å²) in [5.74, 6) is 0.981. The number of fused-ring (bicyclic) bond motifs is 1. The number of rotatable bonds is 7. The molecule has 0 fully saturated rings. The monoisotopic (exact) mass is 260 g/mol. The second-order valence-electron chi connectivity index (χ2n) is 5.08. The van der Waals surface area contributed by atoms with Crippen molar-refractivity contribution < 1.29 is 0 Å². The van der Waals surface area contributed by atoms with E-state index in [0.29, 0.717) is 0 Å². The molecule has 0 aliphatic carbocycles. The van der Waals surface area contributed by atoms with Crippen molar-refractivity contribution in [2.75, 3.05) is 33.2 Å². The van der Waals surface area contributed by atoms with Gasteiger partial charge in [-0.3, -0.25) is 0 Å². The first-order valence-corrected chi connectivity index (χ1v) is 7.03. The van der Waals surface area contributed by atoms with Gasteiger partial charge in [-0.1, -0.05) is 13.0 Å². The van der Waals surface area contributed by atoms with Crippen LogP contribution in [0.5, 0.6) is 0 Å². The average molecular weight is 260 g/mol. The molecule has 1 aromatic carbocycles. The second-order valence-corrected chi connectivity index (χ2v) is 5.08. The van der Waals surface area contributed by atoms with Gasteiger partial charge in [-0.25, -0.2) is 4.98 Å². The maximum Gasteiger partial charge on any atom is 0.104 e. The molecule has 1 heterocycles. The number of benzene rings is 1. The van der Waals surface area contributed by atoms with Crippen molar-refractivity contribution in [1.29, 1.82) is 0 Å². The van der Waals surface area contributed by atoms with E-state index in [0.717, 1.165) is 49.5 Å². The molecule has 2 rings (SSSR count). The molecule has 0 atom stereocenters. The molecule has 0 aliphatic heterocycles. The molecular formula is C15H24N4. The number of H-pyrrole nitrogens is 1. The Morgan fingerprint density at radius 2 is 2.16 bits per heavy atom. The fourth-order valence-corrected chi connectivity index (χ4v) is 2.22. The number of aromatic amines is 1. The Kier molecular flexibility index (Phi) is 4.93. The minimum Gasteiger partial charge on any atom is -0.342 e. The van der Waals surface area contributed by atoms with Crippen molar-refractivity contribution in [1.82, 2.24) is 20.2 Å². The summed E-state index contributed by atoms with van der Waals surface area (Å²) in [6.07, 6.45) is 1.08. The third-order valence-electron chi connectivity index (χ3n) is 3.37. The molecule has 0 radical (unpaired) electrons. The summed E-state index contributed by atoms with van der Waals surface area (Å²) in [7, 11) is 2.18. The first-order chi connectivity index (χ1) is 9.19. The Bertz CT molecular complexity index is 518. The lowest BCUT2D eigenvalue weighted by Crippen LogP contribution is -2.30. The highest BCUT2D eigenvalue weighted by Crippen LogP contribution is 2.14. The van der Waals surface area contributed by atoms with Crippen molar-refractivity contribution >= 4 is 11.0 Å². The van der Waals surface area contributed by atoms with E-state index in [1.54, 1.807) is 0 Å². The van der Waals surface area contributed by atoms with Gasteiger partial charge in [-0.2, -0.15) is 0 Å². The molecule has 2 N–H and O–H groups in total. The first kappa shape index (κ1) is 14.0. The van der Waals surface area contributed by atoms with E-state index in [2.05, 4.69) is 52.4 Å². The van der Waals surface area contributed by atoms with E-state index >= 15 is 0 Å². The predicted molar refractivity (Wildman–Crippen MR) is 80.6 cm³/mol. The van der Waals surface area contributed by atoms with E-state index in [4.69, 9.17) is 0 Å². The second kappa shape index (κ2) is 6.68. The number of imidazole rings is 1. The van der Waals surface area contributed by atoms with Gasteiger partial charge in [0.15, 0.2) is 0 Å². The lowest BCUT2D eigenvalue weighted by molar-refractivity contribution is 0.337. The van der Waals surface area contributed by atoms with Gasteiger partial charge in [0.1, 0.15) is 5.82 Å². The zero-order valence-electron chi connectivity index (χ0n) is 12.2. The van der Waals surface area contributed by atoms with Gasteiger partial charge in [-0.15, -0.1) is 0 Å². The average Bonchev–Trinajstić information content (AvgIpc) is 2.76. The van der Waals surface area contributed by atoms with Crippen LogP contribution >= 0.6 is 0 Å². The van der Waals surface area contributed by atoms with Crippen molar-refractivity contribution in [3.05, 3.63) is 29.6 Å². The van der Waals surface area contributed by atoms with Gasteiger partial charge >= 0.3 is 0 Å². The molecule has 19 heavy (non-hydrogen) atoms. The summed E-state index contributed by atoms with van der Waals surface area (Å²) in [4.78, 5) is 10.1. The van der Waals surface area contributed by atoms with Crippen molar-refractivity contribution in [3.63, 3.8) is 0 Å². The number of nitrogens with one attached hydrogen (secondary N) is 2. The first-order valence-electron chi connectivity index (χ1n) is 7.03. The summed E-state index contributed by atoms with van der Waals surface area (Å²) in [6.45, 7) is 8.43. The Hall–Kier alpha value is -1.39. The van der Waals surface area contributed by atoms with Crippen molar-refractivity contribution in [2.45, 2.75) is 20.3 Å². The molecule has 0 bridgehead atoms. The highest BCUT2D eigenvalue weighted by Gasteiger charge is 2.03. The molecule has 104 valence electrons. The summed E-state index contributed by atoms with van der Waals surface area (Å²) >= 11 is 0. The lowest BCUT2D eigenvalue weighted by atomic mass is 10.1. The molecule has 0 saturated carbocycles. The predicted octanol–water partition coefficient (Wildman–Crippen LogP) is 1.96. The number of hydrogen-bond donors (Lipinski definition) is 2. The van der Waals surface area contributed by atoms with Gasteiger partial charge in [-0.05, 0) is 44.6 Å². The van der Waals surface area contributed by atoms with E-state index < -0.39 is 0 Å². The topological polar surface area (TPSA) is 44.0 Å². The van der Waals surface area contributed by atoms with Crippen LogP contribution in [0.2, 0.25) is 0 Å². The van der Waals surface area contributed by atoms with Gasteiger partial charge in [0, 0.05) is 19.6 Å². The number of aromatic nitrogens is 2. The van der Waals surface area contributed by atoms with Gasteiger partial charge in [0.05, 0.1) is 11.0 Å². The van der Waals surface area contributed by atoms with Crippen LogP contribution in [0.25, 0.3) is 11.0 Å². The highest BCUT2D eigenvalue weighted by atomic mass is 15.1. The van der Waals surface area contributed by atoms with E-state index in [1.165, 1.54) is 5.56 Å². The Balaban J connectivity index is 1.87. The molecule has 0 spiro atoms. The lowest BCUT2D eigenvalue weighted by Gasteiger charge is -2.16. The maximum absolute atomic E-state index is 4.43. The standard InChI is InChI=1S/C15H24N4/c1-4-16-8-10-19(3)9-7-13-5-6-14-15(11-13)18-12(2)17-14/h5-6,11,16H,4,7-10H2,1-3H3,(H,17,18). The minimum atomic E-state index is 0.981. The fraction of sp³-hybridized carbons (Fsp3) is 0.533. The van der Waals surface area contributed by atoms with Gasteiger partial charge in [0.25, 0.3) is 0 Å². The maximum atomic E-state index is 4.43. The van der Waals surface area contributed by atoms with Gasteiger partial charge < -0.3 is 15.2 Å². The summed E-state index contributed by atoms with van der Waals surface area (Å²) < 4.78 is 0. The van der Waals surface area contributed by atoms with Crippen molar-refractivity contribution in [2.24, 2.45) is 0 Å². The van der Waals surface area contributed by atoms with E-state index in [1.807, 2.05) is 6.92 Å². The van der Waals surface area contributed by atoms with Crippen LogP contribution in [-0.2, 0) is 6.42 Å². The molecule has 0 amide bonds. The van der Waals surface area contributed by atoms with Crippen LogP contribution in [0.15, 0.2) is 18.2 Å². The molecule has 0 aliphatic rings. The Morgan fingerprint density at radius 1 is 1.32 bits per heavy atom. The molecule has 0 unspecified atom stereocenters. The van der Waals surface area contributed by atoms with Crippen LogP contribution in [0.1, 0.15) is 18.3 Å². The minimum absolute atomic E-state index is 0.981. The Labute approximate surface area is 115 Å². The molecule has 0 saturated heterocycles. The smallest absolute Gasteiger partial charge is 0.104 e. The van der Waals surface area contributed by atoms with Crippen molar-refractivity contribution in [3.8, 4) is 0 Å². The highest BCUT2D eigenvalue weighted by molar-refractivity contribution is 5.75. The third kappa shape index (κ3) is 4.04. The molecular weight excluding hydrogens is 236 g/mol. The molecule has 4 heteroatoms. The number of aryl methyl sites for hydroxylation is 1. The zero-order chi connectivity index (χ0) is 13.7. The SMILES string of the molecule is CCNCCN(C)CCc1ccc2nc(C)[nH]c2c1. The van der Waals surface area contributed by atoms with E-state index in [9.17, 15) is 0 Å². The van der Waals surface area contributed by atoms with Crippen LogP contribution in [0, 0.1) is 6.92 Å². The largest absolute Gasteiger partial charge is 0.342 e. The van der Waals surface area contributed by atoms with Crippen LogP contribution in [-0.4, -0.2) is 48.1 Å². The quantitative estimate of drug-likeness (QED) is 0.748. The van der Waals surface area contributed by atoms with E-state index in [-0.39, 0.29) is 0 Å². The summed E-state index contributed by atoms with van der Waals surface area (Å²) in [5.41, 5.74) is 3.57. The normalized spacial score (nSPS) is 11.6. The third-order valence-corrected chi connectivity index (χ3v) is 3.37. The molecule has 4 nitrogen and oxygen atoms in total. The fourth-order valence-electron chi connectivity index (χ4n) is 2.22. The Morgan fingerprint density at radius 3 is 2.95 bits per heavy atom. The van der Waals surface area contributed by atoms with Crippen LogP contribution in [0.3, 0.4) is 0 Å². The summed E-state index contributed by atoms with van der Waals surface area (Å²) in [5, 5.41) is 3.35.